The maximum Gasteiger partial charge on any atom is 0.230 e. The van der Waals surface area contributed by atoms with Crippen LogP contribution in [0.3, 0.4) is 0 Å². The number of nitrogens with zero attached hydrogens (tertiary/aromatic N) is 3. The fourth-order valence-corrected chi connectivity index (χ4v) is 4.33. The van der Waals surface area contributed by atoms with E-state index in [1.807, 2.05) is 34.9 Å². The van der Waals surface area contributed by atoms with E-state index in [4.69, 9.17) is 0 Å². The zero-order valence-electron chi connectivity index (χ0n) is 14.7. The number of aromatic nitrogens is 3. The van der Waals surface area contributed by atoms with E-state index in [0.29, 0.717) is 18.3 Å². The number of halogens is 1. The standard InChI is InChI=1S/C19H23BrN4OS/c1-2-11-24-18(14-7-6-8-15(20)12-14)22-23-19(24)26-13-17(25)21-16-9-4-3-5-10-16/h2,6-8,12,16H,1,3-5,9-11,13H2,(H,21,25). The highest BCUT2D eigenvalue weighted by Crippen LogP contribution is 2.26. The van der Waals surface area contributed by atoms with Crippen LogP contribution in [0, 0.1) is 0 Å². The molecule has 0 bridgehead atoms. The van der Waals surface area contributed by atoms with Crippen LogP contribution >= 0.6 is 27.7 Å². The third kappa shape index (κ3) is 4.98. The summed E-state index contributed by atoms with van der Waals surface area (Å²) in [5.74, 6) is 1.20. The number of hydrogen-bond donors (Lipinski definition) is 1. The summed E-state index contributed by atoms with van der Waals surface area (Å²) in [7, 11) is 0. The molecule has 1 aromatic carbocycles. The first-order valence-electron chi connectivity index (χ1n) is 8.89. The van der Waals surface area contributed by atoms with Crippen molar-refractivity contribution in [2.45, 2.75) is 49.8 Å². The normalized spacial score (nSPS) is 15.0. The second kappa shape index (κ2) is 9.37. The lowest BCUT2D eigenvalue weighted by Gasteiger charge is -2.22. The van der Waals surface area contributed by atoms with Gasteiger partial charge in [-0.05, 0) is 25.0 Å². The number of carbonyl (C=O) groups excluding carboxylic acids is 1. The van der Waals surface area contributed by atoms with Gasteiger partial charge in [0.15, 0.2) is 11.0 Å². The van der Waals surface area contributed by atoms with Gasteiger partial charge in [0.25, 0.3) is 0 Å². The van der Waals surface area contributed by atoms with E-state index in [2.05, 4.69) is 38.0 Å². The summed E-state index contributed by atoms with van der Waals surface area (Å²) in [6.45, 7) is 4.43. The van der Waals surface area contributed by atoms with Crippen LogP contribution in [0.15, 0.2) is 46.5 Å². The van der Waals surface area contributed by atoms with Crippen molar-refractivity contribution in [2.24, 2.45) is 0 Å². The maximum atomic E-state index is 12.3. The van der Waals surface area contributed by atoms with E-state index in [-0.39, 0.29) is 5.91 Å². The molecule has 0 atom stereocenters. The minimum absolute atomic E-state index is 0.0686. The molecule has 26 heavy (non-hydrogen) atoms. The summed E-state index contributed by atoms with van der Waals surface area (Å²) in [5.41, 5.74) is 0.979. The smallest absolute Gasteiger partial charge is 0.230 e. The lowest BCUT2D eigenvalue weighted by molar-refractivity contribution is -0.119. The summed E-state index contributed by atoms with van der Waals surface area (Å²) < 4.78 is 2.98. The molecule has 1 aromatic heterocycles. The van der Waals surface area contributed by atoms with Gasteiger partial charge in [-0.1, -0.05) is 65.2 Å². The zero-order valence-corrected chi connectivity index (χ0v) is 17.1. The van der Waals surface area contributed by atoms with E-state index in [0.717, 1.165) is 33.9 Å². The summed E-state index contributed by atoms with van der Waals surface area (Å²) in [4.78, 5) is 12.3. The molecule has 0 unspecified atom stereocenters. The molecular formula is C19H23BrN4OS. The number of rotatable bonds is 7. The average molecular weight is 435 g/mol. The SMILES string of the molecule is C=CCn1c(SCC(=O)NC2CCCCC2)nnc1-c1cccc(Br)c1. The Morgan fingerprint density at radius 1 is 1.35 bits per heavy atom. The first-order valence-corrected chi connectivity index (χ1v) is 10.7. The molecule has 1 amide bonds. The molecular weight excluding hydrogens is 412 g/mol. The number of benzene rings is 1. The topological polar surface area (TPSA) is 59.8 Å². The maximum absolute atomic E-state index is 12.3. The molecule has 3 rings (SSSR count). The number of carbonyl (C=O) groups is 1. The quantitative estimate of drug-likeness (QED) is 0.516. The molecule has 0 radical (unpaired) electrons. The van der Waals surface area contributed by atoms with Gasteiger partial charge in [-0.3, -0.25) is 9.36 Å². The lowest BCUT2D eigenvalue weighted by atomic mass is 9.95. The van der Waals surface area contributed by atoms with Crippen LogP contribution in [-0.4, -0.2) is 32.5 Å². The minimum atomic E-state index is 0.0686. The third-order valence-corrected chi connectivity index (χ3v) is 5.87. The highest BCUT2D eigenvalue weighted by atomic mass is 79.9. The second-order valence-corrected chi connectivity index (χ2v) is 8.27. The number of allylic oxidation sites excluding steroid dienone is 1. The molecule has 1 N–H and O–H groups in total. The van der Waals surface area contributed by atoms with E-state index in [1.54, 1.807) is 0 Å². The molecule has 0 aliphatic heterocycles. The molecule has 1 aliphatic rings. The fourth-order valence-electron chi connectivity index (χ4n) is 3.18. The van der Waals surface area contributed by atoms with Crippen LogP contribution in [0.5, 0.6) is 0 Å². The predicted molar refractivity (Wildman–Crippen MR) is 109 cm³/mol. The van der Waals surface area contributed by atoms with Gasteiger partial charge in [0.2, 0.25) is 5.91 Å². The Bertz CT molecular complexity index is 771. The van der Waals surface area contributed by atoms with Crippen molar-refractivity contribution >= 4 is 33.6 Å². The van der Waals surface area contributed by atoms with Crippen molar-refractivity contribution in [3.8, 4) is 11.4 Å². The Balaban J connectivity index is 1.67. The highest BCUT2D eigenvalue weighted by molar-refractivity contribution is 9.10. The summed E-state index contributed by atoms with van der Waals surface area (Å²) in [6, 6.07) is 8.28. The van der Waals surface area contributed by atoms with Crippen molar-refractivity contribution in [2.75, 3.05) is 5.75 Å². The second-order valence-electron chi connectivity index (χ2n) is 6.41. The van der Waals surface area contributed by atoms with Crippen molar-refractivity contribution in [3.05, 3.63) is 41.4 Å². The van der Waals surface area contributed by atoms with E-state index in [1.165, 1.54) is 31.0 Å². The molecule has 138 valence electrons. The molecule has 5 nitrogen and oxygen atoms in total. The van der Waals surface area contributed by atoms with Crippen LogP contribution in [0.2, 0.25) is 0 Å². The van der Waals surface area contributed by atoms with Crippen LogP contribution < -0.4 is 5.32 Å². The van der Waals surface area contributed by atoms with E-state index >= 15 is 0 Å². The molecule has 1 heterocycles. The Kier molecular flexibility index (Phi) is 6.91. The summed E-state index contributed by atoms with van der Waals surface area (Å²) in [6.07, 6.45) is 7.71. The summed E-state index contributed by atoms with van der Waals surface area (Å²) >= 11 is 4.91. The van der Waals surface area contributed by atoms with Gasteiger partial charge in [-0.25, -0.2) is 0 Å². The van der Waals surface area contributed by atoms with Gasteiger partial charge in [-0.15, -0.1) is 16.8 Å². The number of thioether (sulfide) groups is 1. The van der Waals surface area contributed by atoms with Gasteiger partial charge in [-0.2, -0.15) is 0 Å². The monoisotopic (exact) mass is 434 g/mol. The first kappa shape index (κ1) is 19.2. The number of amides is 1. The fraction of sp³-hybridized carbons (Fsp3) is 0.421. The van der Waals surface area contributed by atoms with Crippen molar-refractivity contribution in [1.29, 1.82) is 0 Å². The molecule has 1 fully saturated rings. The predicted octanol–water partition coefficient (Wildman–Crippen LogP) is 4.43. The van der Waals surface area contributed by atoms with Crippen LogP contribution in [0.25, 0.3) is 11.4 Å². The molecule has 1 saturated carbocycles. The van der Waals surface area contributed by atoms with Crippen LogP contribution in [-0.2, 0) is 11.3 Å². The van der Waals surface area contributed by atoms with Gasteiger partial charge in [0, 0.05) is 22.6 Å². The largest absolute Gasteiger partial charge is 0.353 e. The first-order chi connectivity index (χ1) is 12.7. The van der Waals surface area contributed by atoms with Gasteiger partial charge in [0.1, 0.15) is 0 Å². The highest BCUT2D eigenvalue weighted by Gasteiger charge is 2.18. The number of hydrogen-bond acceptors (Lipinski definition) is 4. The Labute approximate surface area is 166 Å². The molecule has 7 heteroatoms. The van der Waals surface area contributed by atoms with Gasteiger partial charge < -0.3 is 5.32 Å². The third-order valence-electron chi connectivity index (χ3n) is 4.41. The van der Waals surface area contributed by atoms with Crippen molar-refractivity contribution in [3.63, 3.8) is 0 Å². The van der Waals surface area contributed by atoms with E-state index < -0.39 is 0 Å². The Morgan fingerprint density at radius 3 is 2.88 bits per heavy atom. The molecule has 1 aliphatic carbocycles. The molecule has 2 aromatic rings. The van der Waals surface area contributed by atoms with Crippen molar-refractivity contribution in [1.82, 2.24) is 20.1 Å². The average Bonchev–Trinajstić information content (AvgIpc) is 3.04. The lowest BCUT2D eigenvalue weighted by Crippen LogP contribution is -2.37. The van der Waals surface area contributed by atoms with Crippen LogP contribution in [0.1, 0.15) is 32.1 Å². The molecule has 0 saturated heterocycles. The number of nitrogens with one attached hydrogen (secondary N) is 1. The van der Waals surface area contributed by atoms with Crippen LogP contribution in [0.4, 0.5) is 0 Å². The Morgan fingerprint density at radius 2 is 2.15 bits per heavy atom. The zero-order chi connectivity index (χ0) is 18.4. The van der Waals surface area contributed by atoms with Gasteiger partial charge >= 0.3 is 0 Å². The molecule has 0 spiro atoms. The van der Waals surface area contributed by atoms with E-state index in [9.17, 15) is 4.79 Å². The Hall–Kier alpha value is -1.60. The van der Waals surface area contributed by atoms with Crippen molar-refractivity contribution < 1.29 is 4.79 Å². The summed E-state index contributed by atoms with van der Waals surface area (Å²) in [5, 5.41) is 12.5. The van der Waals surface area contributed by atoms with Gasteiger partial charge in [0.05, 0.1) is 5.75 Å². The minimum Gasteiger partial charge on any atom is -0.353 e.